The molecule has 0 amide bonds. The van der Waals surface area contributed by atoms with E-state index in [0.29, 0.717) is 23.4 Å². The van der Waals surface area contributed by atoms with Crippen molar-refractivity contribution in [3.05, 3.63) is 0 Å². The molecule has 2 nitrogen and oxygen atoms in total. The minimum absolute atomic E-state index is 0.147. The summed E-state index contributed by atoms with van der Waals surface area (Å²) in [4.78, 5) is 0. The normalized spacial score (nSPS) is 40.8. The molecule has 0 saturated heterocycles. The number of hydrogen-bond acceptors (Lipinski definition) is 2. The first-order chi connectivity index (χ1) is 6.85. The lowest BCUT2D eigenvalue weighted by Gasteiger charge is -2.33. The van der Waals surface area contributed by atoms with Crippen LogP contribution < -0.4 is 0 Å². The molecule has 0 aromatic rings. The zero-order valence-electron chi connectivity index (χ0n) is 10.6. The maximum atomic E-state index is 10.3. The smallest absolute Gasteiger partial charge is 0.0843 e. The van der Waals surface area contributed by atoms with Gasteiger partial charge in [-0.3, -0.25) is 0 Å². The minimum atomic E-state index is -0.279. The molecule has 15 heavy (non-hydrogen) atoms. The Hall–Kier alpha value is -0.0800. The van der Waals surface area contributed by atoms with Gasteiger partial charge in [-0.15, -0.1) is 0 Å². The van der Waals surface area contributed by atoms with Crippen LogP contribution in [0, 0.1) is 22.2 Å². The average Bonchev–Trinajstić information content (AvgIpc) is 2.87. The second-order valence-electron chi connectivity index (χ2n) is 6.34. The Balaban J connectivity index is 1.94. The van der Waals surface area contributed by atoms with E-state index in [1.165, 1.54) is 0 Å². The largest absolute Gasteiger partial charge is 0.390 e. The fraction of sp³-hybridized carbons (Fsp3) is 1.00. The van der Waals surface area contributed by atoms with Crippen molar-refractivity contribution in [1.82, 2.24) is 0 Å². The lowest BCUT2D eigenvalue weighted by Crippen LogP contribution is -2.35. The molecule has 0 spiro atoms. The predicted octanol–water partition coefficient (Wildman–Crippen LogP) is 2.46. The Morgan fingerprint density at radius 2 is 1.73 bits per heavy atom. The number of aliphatic hydroxyl groups is 1. The first-order valence-electron chi connectivity index (χ1n) is 6.11. The Kier molecular flexibility index (Phi) is 2.27. The van der Waals surface area contributed by atoms with Crippen molar-refractivity contribution in [3.63, 3.8) is 0 Å². The topological polar surface area (TPSA) is 29.5 Å². The van der Waals surface area contributed by atoms with Crippen LogP contribution in [0.5, 0.6) is 0 Å². The van der Waals surface area contributed by atoms with Crippen molar-refractivity contribution in [2.45, 2.75) is 47.1 Å². The molecule has 2 rings (SSSR count). The molecule has 2 fully saturated rings. The molecular formula is C13H24O2. The van der Waals surface area contributed by atoms with Gasteiger partial charge in [0.25, 0.3) is 0 Å². The second kappa shape index (κ2) is 2.98. The van der Waals surface area contributed by atoms with Gasteiger partial charge in [0.2, 0.25) is 0 Å². The van der Waals surface area contributed by atoms with Crippen LogP contribution in [-0.4, -0.2) is 24.4 Å². The van der Waals surface area contributed by atoms with E-state index in [9.17, 15) is 5.11 Å². The molecule has 0 bridgehead atoms. The molecule has 2 heteroatoms. The second-order valence-corrected chi connectivity index (χ2v) is 6.34. The van der Waals surface area contributed by atoms with Crippen molar-refractivity contribution in [2.75, 3.05) is 13.2 Å². The first kappa shape index (κ1) is 11.4. The van der Waals surface area contributed by atoms with Gasteiger partial charge in [-0.25, -0.2) is 0 Å². The van der Waals surface area contributed by atoms with E-state index in [1.54, 1.807) is 0 Å². The summed E-state index contributed by atoms with van der Waals surface area (Å²) < 4.78 is 5.47. The van der Waals surface area contributed by atoms with Gasteiger partial charge >= 0.3 is 0 Å². The summed E-state index contributed by atoms with van der Waals surface area (Å²) in [5.41, 5.74) is 0.796. The number of fused-ring (bicyclic) bond motifs is 1. The van der Waals surface area contributed by atoms with E-state index in [-0.39, 0.29) is 11.5 Å². The van der Waals surface area contributed by atoms with Crippen molar-refractivity contribution < 1.29 is 9.84 Å². The maximum Gasteiger partial charge on any atom is 0.0843 e. The lowest BCUT2D eigenvalue weighted by atomic mass is 9.74. The van der Waals surface area contributed by atoms with Crippen LogP contribution >= 0.6 is 0 Å². The third-order valence-electron chi connectivity index (χ3n) is 5.01. The number of ether oxygens (including phenoxy) is 1. The first-order valence-corrected chi connectivity index (χ1v) is 6.11. The zero-order valence-corrected chi connectivity index (χ0v) is 10.6. The molecule has 2 aliphatic carbocycles. The highest BCUT2D eigenvalue weighted by atomic mass is 16.5. The van der Waals surface area contributed by atoms with Crippen LogP contribution in [0.4, 0.5) is 0 Å². The molecule has 2 aliphatic rings. The van der Waals surface area contributed by atoms with Gasteiger partial charge in [-0.05, 0) is 23.2 Å². The lowest BCUT2D eigenvalue weighted by molar-refractivity contribution is -0.0250. The van der Waals surface area contributed by atoms with E-state index < -0.39 is 0 Å². The molecule has 1 N–H and O–H groups in total. The van der Waals surface area contributed by atoms with Gasteiger partial charge in [0, 0.05) is 12.0 Å². The highest BCUT2D eigenvalue weighted by Gasteiger charge is 2.97. The summed E-state index contributed by atoms with van der Waals surface area (Å²) in [5, 5.41) is 10.3. The van der Waals surface area contributed by atoms with Gasteiger partial charge in [-0.2, -0.15) is 0 Å². The van der Waals surface area contributed by atoms with Gasteiger partial charge in [-0.1, -0.05) is 34.6 Å². The van der Waals surface area contributed by atoms with Gasteiger partial charge in [0.1, 0.15) is 0 Å². The van der Waals surface area contributed by atoms with E-state index in [1.807, 2.05) is 0 Å². The Labute approximate surface area is 93.0 Å². The van der Waals surface area contributed by atoms with Crippen molar-refractivity contribution in [3.8, 4) is 0 Å². The Morgan fingerprint density at radius 1 is 1.20 bits per heavy atom. The molecule has 88 valence electrons. The molecule has 0 heterocycles. The van der Waals surface area contributed by atoms with Crippen LogP contribution in [0.25, 0.3) is 0 Å². The number of rotatable bonds is 5. The van der Waals surface area contributed by atoms with Gasteiger partial charge in [0.05, 0.1) is 12.7 Å². The molecule has 1 atom stereocenters. The maximum absolute atomic E-state index is 10.3. The molecule has 0 aromatic heterocycles. The van der Waals surface area contributed by atoms with E-state index in [0.717, 1.165) is 13.0 Å². The van der Waals surface area contributed by atoms with Crippen LogP contribution in [0.15, 0.2) is 0 Å². The van der Waals surface area contributed by atoms with Crippen LogP contribution in [-0.2, 0) is 4.74 Å². The van der Waals surface area contributed by atoms with Crippen LogP contribution in [0.1, 0.15) is 41.0 Å². The van der Waals surface area contributed by atoms with E-state index >= 15 is 0 Å². The standard InChI is InChI=1S/C13H24O2/c1-6-7-15-8-9(14)13-10(11(13,2)3)12(13,4)5/h9-10,14H,6-8H2,1-5H3. The summed E-state index contributed by atoms with van der Waals surface area (Å²) in [6.45, 7) is 12.4. The molecule has 2 saturated carbocycles. The van der Waals surface area contributed by atoms with Gasteiger partial charge < -0.3 is 9.84 Å². The van der Waals surface area contributed by atoms with E-state index in [2.05, 4.69) is 34.6 Å². The molecule has 0 aromatic carbocycles. The van der Waals surface area contributed by atoms with E-state index in [4.69, 9.17) is 4.74 Å². The summed E-state index contributed by atoms with van der Waals surface area (Å²) >= 11 is 0. The van der Waals surface area contributed by atoms with Gasteiger partial charge in [0.15, 0.2) is 0 Å². The number of aliphatic hydroxyl groups excluding tert-OH is 1. The van der Waals surface area contributed by atoms with Crippen molar-refractivity contribution in [2.24, 2.45) is 22.2 Å². The Bertz CT molecular complexity index is 252. The highest BCUT2D eigenvalue weighted by molar-refractivity contribution is 5.43. The van der Waals surface area contributed by atoms with Crippen molar-refractivity contribution >= 4 is 0 Å². The summed E-state index contributed by atoms with van der Waals surface area (Å²) in [7, 11) is 0. The summed E-state index contributed by atoms with van der Waals surface area (Å²) in [6.07, 6.45) is 0.745. The molecule has 0 aliphatic heterocycles. The molecule has 1 unspecified atom stereocenters. The SMILES string of the molecule is CCCOCC(O)C12C(C1(C)C)C2(C)C. The monoisotopic (exact) mass is 212 g/mol. The average molecular weight is 212 g/mol. The predicted molar refractivity (Wildman–Crippen MR) is 60.6 cm³/mol. The minimum Gasteiger partial charge on any atom is -0.390 e. The Morgan fingerprint density at radius 3 is 2.07 bits per heavy atom. The quantitative estimate of drug-likeness (QED) is 0.709. The fourth-order valence-corrected chi connectivity index (χ4v) is 4.77. The third-order valence-corrected chi connectivity index (χ3v) is 5.01. The summed E-state index contributed by atoms with van der Waals surface area (Å²) in [6, 6.07) is 0. The summed E-state index contributed by atoms with van der Waals surface area (Å²) in [5.74, 6) is 0.692. The fourth-order valence-electron chi connectivity index (χ4n) is 4.77. The molecule has 0 radical (unpaired) electrons. The number of hydrogen-bond donors (Lipinski definition) is 1. The molecular weight excluding hydrogens is 188 g/mol. The highest BCUT2D eigenvalue weighted by Crippen LogP contribution is 2.98. The van der Waals surface area contributed by atoms with Crippen molar-refractivity contribution in [1.29, 1.82) is 0 Å². The van der Waals surface area contributed by atoms with Crippen LogP contribution in [0.3, 0.4) is 0 Å². The zero-order chi connectivity index (χ0) is 11.5. The third kappa shape index (κ3) is 1.07. The van der Waals surface area contributed by atoms with Crippen LogP contribution in [0.2, 0.25) is 0 Å².